The van der Waals surface area contributed by atoms with E-state index in [1.165, 1.54) is 0 Å². The van der Waals surface area contributed by atoms with E-state index >= 15 is 0 Å². The summed E-state index contributed by atoms with van der Waals surface area (Å²) < 4.78 is 2.09. The molecule has 0 radical (unpaired) electrons. The lowest BCUT2D eigenvalue weighted by molar-refractivity contribution is 0.0697. The molecule has 17 heavy (non-hydrogen) atoms. The van der Waals surface area contributed by atoms with Crippen molar-refractivity contribution in [1.29, 1.82) is 0 Å². The molecule has 0 saturated heterocycles. The zero-order chi connectivity index (χ0) is 12.4. The third kappa shape index (κ3) is 2.17. The van der Waals surface area contributed by atoms with Gasteiger partial charge in [0.15, 0.2) is 0 Å². The number of hydrogen-bond donors (Lipinski definition) is 2. The summed E-state index contributed by atoms with van der Waals surface area (Å²) in [6, 6.07) is 7.09. The fourth-order valence-electron chi connectivity index (χ4n) is 2.07. The number of nitrogens with zero attached hydrogens (tertiary/aromatic N) is 1. The second-order valence-electron chi connectivity index (χ2n) is 4.09. The van der Waals surface area contributed by atoms with Gasteiger partial charge < -0.3 is 14.8 Å². The summed E-state index contributed by atoms with van der Waals surface area (Å²) in [5.41, 5.74) is 2.40. The van der Waals surface area contributed by atoms with Gasteiger partial charge in [-0.05, 0) is 37.6 Å². The number of carboxylic acids is 1. The van der Waals surface area contributed by atoms with Crippen LogP contribution in [0.15, 0.2) is 24.3 Å². The Morgan fingerprint density at radius 2 is 2.12 bits per heavy atom. The van der Waals surface area contributed by atoms with Crippen LogP contribution in [0.25, 0.3) is 10.9 Å². The number of carboxylic acid groups (broad SMARTS) is 1. The third-order valence-corrected chi connectivity index (χ3v) is 2.90. The first-order valence-corrected chi connectivity index (χ1v) is 5.57. The third-order valence-electron chi connectivity index (χ3n) is 2.90. The van der Waals surface area contributed by atoms with Gasteiger partial charge in [-0.3, -0.25) is 0 Å². The number of aromatic carboxylic acids is 1. The Hall–Kier alpha value is -1.81. The number of carbonyl (C=O) groups is 1. The van der Waals surface area contributed by atoms with Crippen molar-refractivity contribution >= 4 is 16.9 Å². The summed E-state index contributed by atoms with van der Waals surface area (Å²) in [5, 5.41) is 18.7. The largest absolute Gasteiger partial charge is 0.478 e. The van der Waals surface area contributed by atoms with Crippen molar-refractivity contribution in [2.45, 2.75) is 19.9 Å². The van der Waals surface area contributed by atoms with Crippen molar-refractivity contribution in [2.75, 3.05) is 6.61 Å². The van der Waals surface area contributed by atoms with Gasteiger partial charge in [0.1, 0.15) is 0 Å². The minimum Gasteiger partial charge on any atom is -0.478 e. The first-order chi connectivity index (χ1) is 8.13. The van der Waals surface area contributed by atoms with Crippen LogP contribution in [-0.2, 0) is 6.54 Å². The Kier molecular flexibility index (Phi) is 3.15. The van der Waals surface area contributed by atoms with Gasteiger partial charge in [-0.15, -0.1) is 0 Å². The van der Waals surface area contributed by atoms with Crippen LogP contribution in [0.4, 0.5) is 0 Å². The minimum absolute atomic E-state index is 0.159. The Morgan fingerprint density at radius 3 is 2.76 bits per heavy atom. The number of benzene rings is 1. The van der Waals surface area contributed by atoms with E-state index in [9.17, 15) is 4.79 Å². The van der Waals surface area contributed by atoms with Crippen LogP contribution in [0.3, 0.4) is 0 Å². The molecule has 0 unspecified atom stereocenters. The standard InChI is InChI=1S/C13H15NO3/c1-9-7-11-8-10(13(16)17)3-4-12(11)14(9)5-2-6-15/h3-4,7-8,15H,2,5-6H2,1H3,(H,16,17). The molecule has 4 heteroatoms. The molecule has 2 rings (SSSR count). The number of aliphatic hydroxyl groups excluding tert-OH is 1. The summed E-state index contributed by atoms with van der Waals surface area (Å²) >= 11 is 0. The summed E-state index contributed by atoms with van der Waals surface area (Å²) in [7, 11) is 0. The molecule has 2 N–H and O–H groups in total. The highest BCUT2D eigenvalue weighted by atomic mass is 16.4. The molecule has 1 aromatic heterocycles. The number of fused-ring (bicyclic) bond motifs is 1. The maximum atomic E-state index is 10.9. The highest BCUT2D eigenvalue weighted by molar-refractivity contribution is 5.94. The predicted octanol–water partition coefficient (Wildman–Crippen LogP) is 2.03. The number of aromatic nitrogens is 1. The van der Waals surface area contributed by atoms with E-state index in [0.29, 0.717) is 12.0 Å². The molecule has 0 saturated carbocycles. The molecule has 0 aliphatic rings. The zero-order valence-electron chi connectivity index (χ0n) is 9.68. The van der Waals surface area contributed by atoms with Gasteiger partial charge in [-0.1, -0.05) is 0 Å². The van der Waals surface area contributed by atoms with Crippen LogP contribution in [0.1, 0.15) is 22.5 Å². The first kappa shape index (κ1) is 11.7. The second kappa shape index (κ2) is 4.59. The Balaban J connectivity index is 2.48. The molecule has 0 aliphatic carbocycles. The van der Waals surface area contributed by atoms with E-state index in [1.807, 2.05) is 19.1 Å². The fourth-order valence-corrected chi connectivity index (χ4v) is 2.07. The molecular weight excluding hydrogens is 218 g/mol. The molecular formula is C13H15NO3. The summed E-state index contributed by atoms with van der Waals surface area (Å²) in [6.45, 7) is 2.89. The molecule has 0 atom stereocenters. The maximum absolute atomic E-state index is 10.9. The summed E-state index contributed by atoms with van der Waals surface area (Å²) in [4.78, 5) is 10.9. The molecule has 1 aromatic carbocycles. The van der Waals surface area contributed by atoms with E-state index in [1.54, 1.807) is 12.1 Å². The van der Waals surface area contributed by atoms with Gasteiger partial charge in [0.05, 0.1) is 5.56 Å². The lowest BCUT2D eigenvalue weighted by Crippen LogP contribution is -2.02. The SMILES string of the molecule is Cc1cc2cc(C(=O)O)ccc2n1CCCO. The first-order valence-electron chi connectivity index (χ1n) is 5.57. The van der Waals surface area contributed by atoms with Gasteiger partial charge in [0, 0.05) is 29.7 Å². The fraction of sp³-hybridized carbons (Fsp3) is 0.308. The minimum atomic E-state index is -0.910. The molecule has 1 heterocycles. The quantitative estimate of drug-likeness (QED) is 0.849. The number of aryl methyl sites for hydroxylation is 2. The lowest BCUT2D eigenvalue weighted by Gasteiger charge is -2.06. The summed E-state index contributed by atoms with van der Waals surface area (Å²) in [5.74, 6) is -0.910. The molecule has 0 spiro atoms. The average Bonchev–Trinajstić information content (AvgIpc) is 2.61. The zero-order valence-corrected chi connectivity index (χ0v) is 9.68. The summed E-state index contributed by atoms with van der Waals surface area (Å²) in [6.07, 6.45) is 0.700. The Labute approximate surface area is 99.1 Å². The Morgan fingerprint density at radius 1 is 1.35 bits per heavy atom. The topological polar surface area (TPSA) is 62.5 Å². The van der Waals surface area contributed by atoms with Crippen LogP contribution in [-0.4, -0.2) is 27.4 Å². The van der Waals surface area contributed by atoms with Crippen LogP contribution in [0.2, 0.25) is 0 Å². The van der Waals surface area contributed by atoms with Gasteiger partial charge in [-0.25, -0.2) is 4.79 Å². The van der Waals surface area contributed by atoms with Gasteiger partial charge >= 0.3 is 5.97 Å². The molecule has 4 nitrogen and oxygen atoms in total. The molecule has 0 aliphatic heterocycles. The molecule has 0 bridgehead atoms. The van der Waals surface area contributed by atoms with Gasteiger partial charge in [0.25, 0.3) is 0 Å². The number of rotatable bonds is 4. The second-order valence-corrected chi connectivity index (χ2v) is 4.09. The normalized spacial score (nSPS) is 10.9. The van der Waals surface area contributed by atoms with Crippen LogP contribution >= 0.6 is 0 Å². The highest BCUT2D eigenvalue weighted by Crippen LogP contribution is 2.21. The molecule has 0 fully saturated rings. The number of hydrogen-bond acceptors (Lipinski definition) is 2. The van der Waals surface area contributed by atoms with Crippen molar-refractivity contribution in [2.24, 2.45) is 0 Å². The predicted molar refractivity (Wildman–Crippen MR) is 65.3 cm³/mol. The monoisotopic (exact) mass is 233 g/mol. The van der Waals surface area contributed by atoms with E-state index in [-0.39, 0.29) is 6.61 Å². The average molecular weight is 233 g/mol. The van der Waals surface area contributed by atoms with Gasteiger partial charge in [0.2, 0.25) is 0 Å². The smallest absolute Gasteiger partial charge is 0.335 e. The van der Waals surface area contributed by atoms with Crippen LogP contribution in [0.5, 0.6) is 0 Å². The molecule has 0 amide bonds. The van der Waals surface area contributed by atoms with Crippen molar-refractivity contribution < 1.29 is 15.0 Å². The lowest BCUT2D eigenvalue weighted by atomic mass is 10.1. The van der Waals surface area contributed by atoms with E-state index in [0.717, 1.165) is 23.1 Å². The van der Waals surface area contributed by atoms with E-state index < -0.39 is 5.97 Å². The van der Waals surface area contributed by atoms with Crippen molar-refractivity contribution in [3.8, 4) is 0 Å². The van der Waals surface area contributed by atoms with Crippen LogP contribution in [0, 0.1) is 6.92 Å². The molecule has 90 valence electrons. The van der Waals surface area contributed by atoms with E-state index in [2.05, 4.69) is 4.57 Å². The van der Waals surface area contributed by atoms with Gasteiger partial charge in [-0.2, -0.15) is 0 Å². The van der Waals surface area contributed by atoms with Crippen molar-refractivity contribution in [1.82, 2.24) is 4.57 Å². The highest BCUT2D eigenvalue weighted by Gasteiger charge is 2.08. The van der Waals surface area contributed by atoms with Crippen LogP contribution < -0.4 is 0 Å². The maximum Gasteiger partial charge on any atom is 0.335 e. The van der Waals surface area contributed by atoms with Crippen molar-refractivity contribution in [3.05, 3.63) is 35.5 Å². The van der Waals surface area contributed by atoms with E-state index in [4.69, 9.17) is 10.2 Å². The number of aliphatic hydroxyl groups is 1. The molecule has 2 aromatic rings. The Bertz CT molecular complexity index is 557. The van der Waals surface area contributed by atoms with Crippen molar-refractivity contribution in [3.63, 3.8) is 0 Å².